The van der Waals surface area contributed by atoms with E-state index < -0.39 is 6.04 Å². The van der Waals surface area contributed by atoms with Gasteiger partial charge >= 0.3 is 5.97 Å². The fraction of sp³-hybridized carbons (Fsp3) is 0.500. The lowest BCUT2D eigenvalue weighted by Crippen LogP contribution is -2.46. The topological polar surface area (TPSA) is 107 Å². The third kappa shape index (κ3) is 4.06. The molecule has 3 aromatic heterocycles. The number of piperidine rings is 1. The van der Waals surface area contributed by atoms with Crippen molar-refractivity contribution in [3.63, 3.8) is 0 Å². The Balaban J connectivity index is 1.32. The van der Waals surface area contributed by atoms with Gasteiger partial charge in [0, 0.05) is 23.8 Å². The molecule has 1 atom stereocenters. The van der Waals surface area contributed by atoms with Crippen molar-refractivity contribution in [2.75, 3.05) is 17.2 Å². The fourth-order valence-corrected chi connectivity index (χ4v) is 5.85. The number of hydrogen-bond donors (Lipinski definition) is 1. The number of carbonyl (C=O) groups is 1. The Bertz CT molecular complexity index is 1090. The molecule has 4 heterocycles. The van der Waals surface area contributed by atoms with E-state index in [2.05, 4.69) is 19.9 Å². The van der Waals surface area contributed by atoms with Crippen molar-refractivity contribution < 1.29 is 9.53 Å². The fourth-order valence-electron chi connectivity index (χ4n) is 4.56. The van der Waals surface area contributed by atoms with Gasteiger partial charge in [0.1, 0.15) is 16.7 Å². The number of aryl methyl sites for hydroxylation is 2. The second-order valence-electron chi connectivity index (χ2n) is 8.13. The summed E-state index contributed by atoms with van der Waals surface area (Å²) < 4.78 is 5.63. The number of nitrogens with two attached hydrogens (primary N) is 1. The van der Waals surface area contributed by atoms with Gasteiger partial charge in [-0.15, -0.1) is 11.3 Å². The van der Waals surface area contributed by atoms with Crippen LogP contribution in [0.25, 0.3) is 10.2 Å². The van der Waals surface area contributed by atoms with E-state index in [4.69, 9.17) is 10.5 Å². The third-order valence-electron chi connectivity index (χ3n) is 6.07. The zero-order valence-electron chi connectivity index (χ0n) is 17.4. The normalized spacial score (nSPS) is 19.1. The minimum Gasteiger partial charge on any atom is -0.456 e. The number of rotatable bonds is 4. The van der Waals surface area contributed by atoms with E-state index in [-0.39, 0.29) is 12.6 Å². The SMILES string of the molecule is Nc1nc(COC(=O)C2CCCCN2c2ncccn2)nc2sc3c(c12)CCCCC3. The number of thiophene rings is 1. The van der Waals surface area contributed by atoms with Crippen LogP contribution in [0.15, 0.2) is 18.5 Å². The number of anilines is 2. The minimum atomic E-state index is -0.393. The van der Waals surface area contributed by atoms with Crippen LogP contribution in [0.5, 0.6) is 0 Å². The number of aromatic nitrogens is 4. The lowest BCUT2D eigenvalue weighted by atomic mass is 10.0. The first-order valence-electron chi connectivity index (χ1n) is 11.0. The molecule has 0 amide bonds. The molecular weight excluding hydrogens is 412 g/mol. The number of nitrogens with zero attached hydrogens (tertiary/aromatic N) is 5. The molecule has 0 bridgehead atoms. The molecule has 0 spiro atoms. The van der Waals surface area contributed by atoms with Crippen molar-refractivity contribution in [3.05, 3.63) is 34.7 Å². The van der Waals surface area contributed by atoms with Crippen LogP contribution in [-0.2, 0) is 29.0 Å². The van der Waals surface area contributed by atoms with Crippen molar-refractivity contribution in [3.8, 4) is 0 Å². The van der Waals surface area contributed by atoms with Gasteiger partial charge in [0.2, 0.25) is 5.95 Å². The van der Waals surface area contributed by atoms with Gasteiger partial charge in [-0.05, 0) is 56.6 Å². The Morgan fingerprint density at radius 1 is 1.13 bits per heavy atom. The Kier molecular flexibility index (Phi) is 5.67. The summed E-state index contributed by atoms with van der Waals surface area (Å²) in [6.07, 6.45) is 11.8. The number of ether oxygens (including phenoxy) is 1. The van der Waals surface area contributed by atoms with Gasteiger partial charge in [-0.2, -0.15) is 0 Å². The van der Waals surface area contributed by atoms with Gasteiger partial charge in [-0.3, -0.25) is 0 Å². The summed E-state index contributed by atoms with van der Waals surface area (Å²) in [5.41, 5.74) is 7.63. The van der Waals surface area contributed by atoms with E-state index in [9.17, 15) is 4.79 Å². The Morgan fingerprint density at radius 3 is 2.84 bits per heavy atom. The second kappa shape index (κ2) is 8.74. The predicted molar refractivity (Wildman–Crippen MR) is 120 cm³/mol. The minimum absolute atomic E-state index is 0.0154. The largest absolute Gasteiger partial charge is 0.456 e. The van der Waals surface area contributed by atoms with E-state index >= 15 is 0 Å². The van der Waals surface area contributed by atoms with Crippen LogP contribution < -0.4 is 10.6 Å². The predicted octanol–water partition coefficient (Wildman–Crippen LogP) is 3.43. The molecule has 0 aromatic carbocycles. The molecule has 1 aliphatic heterocycles. The van der Waals surface area contributed by atoms with Gasteiger partial charge in [0.25, 0.3) is 0 Å². The molecule has 31 heavy (non-hydrogen) atoms. The molecular formula is C22H26N6O2S. The highest BCUT2D eigenvalue weighted by Crippen LogP contribution is 2.37. The molecule has 9 heteroatoms. The van der Waals surface area contributed by atoms with E-state index in [1.165, 1.54) is 29.7 Å². The maximum Gasteiger partial charge on any atom is 0.329 e. The van der Waals surface area contributed by atoms with Gasteiger partial charge in [-0.1, -0.05) is 6.42 Å². The molecule has 8 nitrogen and oxygen atoms in total. The smallest absolute Gasteiger partial charge is 0.329 e. The summed E-state index contributed by atoms with van der Waals surface area (Å²) in [5, 5.41) is 0.997. The Morgan fingerprint density at radius 2 is 1.97 bits per heavy atom. The maximum atomic E-state index is 12.9. The summed E-state index contributed by atoms with van der Waals surface area (Å²) in [7, 11) is 0. The molecule has 0 radical (unpaired) electrons. The van der Waals surface area contributed by atoms with E-state index in [0.717, 1.165) is 48.9 Å². The summed E-state index contributed by atoms with van der Waals surface area (Å²) in [6.45, 7) is 0.751. The van der Waals surface area contributed by atoms with Crippen LogP contribution in [0.2, 0.25) is 0 Å². The van der Waals surface area contributed by atoms with Crippen LogP contribution in [0.1, 0.15) is 54.8 Å². The summed E-state index contributed by atoms with van der Waals surface area (Å²) in [6, 6.07) is 1.37. The lowest BCUT2D eigenvalue weighted by molar-refractivity contribution is -0.147. The quantitative estimate of drug-likeness (QED) is 0.488. The Hall–Kier alpha value is -2.81. The van der Waals surface area contributed by atoms with E-state index in [1.807, 2.05) is 4.90 Å². The summed E-state index contributed by atoms with van der Waals surface area (Å²) >= 11 is 1.71. The number of fused-ring (bicyclic) bond motifs is 3. The molecule has 3 aromatic rings. The van der Waals surface area contributed by atoms with Crippen LogP contribution >= 0.6 is 11.3 Å². The molecule has 1 aliphatic carbocycles. The first-order valence-corrected chi connectivity index (χ1v) is 11.8. The molecule has 1 unspecified atom stereocenters. The number of nitrogen functional groups attached to an aromatic ring is 1. The van der Waals surface area contributed by atoms with Crippen LogP contribution in [0.3, 0.4) is 0 Å². The molecule has 1 fully saturated rings. The highest BCUT2D eigenvalue weighted by Gasteiger charge is 2.32. The standard InChI is InChI=1S/C22H26N6O2S/c23-19-18-14-7-2-1-3-9-16(14)31-20(18)27-17(26-19)13-30-21(29)15-8-4-5-12-28(15)22-24-10-6-11-25-22/h6,10-11,15H,1-5,7-9,12-13H2,(H2,23,26,27). The van der Waals surface area contributed by atoms with Gasteiger partial charge in [-0.25, -0.2) is 24.7 Å². The average Bonchev–Trinajstić information content (AvgIpc) is 3.00. The monoisotopic (exact) mass is 438 g/mol. The first kappa shape index (κ1) is 20.1. The lowest BCUT2D eigenvalue weighted by Gasteiger charge is -2.33. The molecule has 0 saturated carbocycles. The Labute approximate surface area is 184 Å². The first-order chi connectivity index (χ1) is 15.2. The van der Waals surface area contributed by atoms with Crippen molar-refractivity contribution in [1.82, 2.24) is 19.9 Å². The number of esters is 1. The zero-order valence-corrected chi connectivity index (χ0v) is 18.2. The highest BCUT2D eigenvalue weighted by atomic mass is 32.1. The van der Waals surface area contributed by atoms with Gasteiger partial charge in [0.05, 0.1) is 5.39 Å². The van der Waals surface area contributed by atoms with Crippen molar-refractivity contribution in [1.29, 1.82) is 0 Å². The molecule has 1 saturated heterocycles. The van der Waals surface area contributed by atoms with Crippen LogP contribution in [0, 0.1) is 0 Å². The maximum absolute atomic E-state index is 12.9. The third-order valence-corrected chi connectivity index (χ3v) is 7.25. The van der Waals surface area contributed by atoms with Crippen molar-refractivity contribution >= 4 is 39.3 Å². The molecule has 2 aliphatic rings. The summed E-state index contributed by atoms with van der Waals surface area (Å²) in [5.74, 6) is 1.21. The van der Waals surface area contributed by atoms with Gasteiger partial charge < -0.3 is 15.4 Å². The molecule has 5 rings (SSSR count). The zero-order chi connectivity index (χ0) is 21.2. The second-order valence-corrected chi connectivity index (χ2v) is 9.21. The van der Waals surface area contributed by atoms with Crippen LogP contribution in [0.4, 0.5) is 11.8 Å². The highest BCUT2D eigenvalue weighted by molar-refractivity contribution is 7.19. The average molecular weight is 439 g/mol. The molecule has 2 N–H and O–H groups in total. The summed E-state index contributed by atoms with van der Waals surface area (Å²) in [4.78, 5) is 34.9. The molecule has 162 valence electrons. The van der Waals surface area contributed by atoms with Crippen molar-refractivity contribution in [2.24, 2.45) is 0 Å². The van der Waals surface area contributed by atoms with E-state index in [0.29, 0.717) is 17.6 Å². The van der Waals surface area contributed by atoms with Gasteiger partial charge in [0.15, 0.2) is 12.4 Å². The number of hydrogen-bond acceptors (Lipinski definition) is 9. The van der Waals surface area contributed by atoms with Crippen molar-refractivity contribution in [2.45, 2.75) is 64.0 Å². The van der Waals surface area contributed by atoms with E-state index in [1.54, 1.807) is 29.8 Å². The number of carbonyl (C=O) groups excluding carboxylic acids is 1. The van der Waals surface area contributed by atoms with Crippen LogP contribution in [-0.4, -0.2) is 38.5 Å².